The van der Waals surface area contributed by atoms with Crippen LogP contribution in [0, 0.1) is 0 Å². The minimum absolute atomic E-state index is 0.800. The molecule has 0 aliphatic rings. The molecule has 1 heterocycles. The fourth-order valence-electron chi connectivity index (χ4n) is 1.57. The van der Waals surface area contributed by atoms with Gasteiger partial charge >= 0.3 is 0 Å². The summed E-state index contributed by atoms with van der Waals surface area (Å²) in [5.41, 5.74) is 0. The molecule has 0 aliphatic heterocycles. The molecule has 0 amide bonds. The summed E-state index contributed by atoms with van der Waals surface area (Å²) in [7, 11) is 0. The number of nitrogens with zero attached hydrogens (tertiary/aromatic N) is 2. The SMILES string of the molecule is CCCNCc1nccn1CCCOCC. The number of hydrogen-bond donors (Lipinski definition) is 1. The molecule has 16 heavy (non-hydrogen) atoms. The minimum atomic E-state index is 0.800. The van der Waals surface area contributed by atoms with E-state index in [4.69, 9.17) is 4.74 Å². The topological polar surface area (TPSA) is 39.1 Å². The van der Waals surface area contributed by atoms with E-state index in [-0.39, 0.29) is 0 Å². The molecule has 92 valence electrons. The molecule has 0 saturated heterocycles. The molecule has 0 unspecified atom stereocenters. The van der Waals surface area contributed by atoms with Gasteiger partial charge in [0.1, 0.15) is 5.82 Å². The summed E-state index contributed by atoms with van der Waals surface area (Å²) in [4.78, 5) is 4.35. The Bertz CT molecular complexity index is 273. The van der Waals surface area contributed by atoms with E-state index >= 15 is 0 Å². The van der Waals surface area contributed by atoms with Crippen LogP contribution in [0.25, 0.3) is 0 Å². The van der Waals surface area contributed by atoms with Crippen molar-refractivity contribution in [1.82, 2.24) is 14.9 Å². The molecular weight excluding hydrogens is 202 g/mol. The van der Waals surface area contributed by atoms with E-state index in [1.165, 1.54) is 0 Å². The van der Waals surface area contributed by atoms with Gasteiger partial charge in [0.25, 0.3) is 0 Å². The molecule has 0 aromatic carbocycles. The quantitative estimate of drug-likeness (QED) is 0.651. The zero-order valence-electron chi connectivity index (χ0n) is 10.4. The van der Waals surface area contributed by atoms with Gasteiger partial charge in [0.2, 0.25) is 0 Å². The largest absolute Gasteiger partial charge is 0.382 e. The lowest BCUT2D eigenvalue weighted by molar-refractivity contribution is 0.141. The lowest BCUT2D eigenvalue weighted by Gasteiger charge is -2.08. The number of ether oxygens (including phenoxy) is 1. The van der Waals surface area contributed by atoms with Crippen LogP contribution in [0.1, 0.15) is 32.5 Å². The fraction of sp³-hybridized carbons (Fsp3) is 0.750. The van der Waals surface area contributed by atoms with E-state index in [0.717, 1.165) is 51.5 Å². The summed E-state index contributed by atoms with van der Waals surface area (Å²) < 4.78 is 7.52. The Balaban J connectivity index is 2.26. The Kier molecular flexibility index (Phi) is 6.85. The van der Waals surface area contributed by atoms with Crippen LogP contribution in [0.4, 0.5) is 0 Å². The Labute approximate surface area is 98.0 Å². The monoisotopic (exact) mass is 225 g/mol. The van der Waals surface area contributed by atoms with Gasteiger partial charge in [-0.1, -0.05) is 6.92 Å². The molecule has 0 spiro atoms. The molecule has 0 fully saturated rings. The Morgan fingerprint density at radius 1 is 1.44 bits per heavy atom. The minimum Gasteiger partial charge on any atom is -0.382 e. The van der Waals surface area contributed by atoms with Gasteiger partial charge in [-0.2, -0.15) is 0 Å². The van der Waals surface area contributed by atoms with Crippen molar-refractivity contribution in [3.63, 3.8) is 0 Å². The van der Waals surface area contributed by atoms with E-state index < -0.39 is 0 Å². The highest BCUT2D eigenvalue weighted by atomic mass is 16.5. The maximum atomic E-state index is 5.32. The van der Waals surface area contributed by atoms with Crippen LogP contribution in [0.15, 0.2) is 12.4 Å². The normalized spacial score (nSPS) is 10.9. The average molecular weight is 225 g/mol. The molecule has 4 nitrogen and oxygen atoms in total. The van der Waals surface area contributed by atoms with Gasteiger partial charge < -0.3 is 14.6 Å². The number of imidazole rings is 1. The van der Waals surface area contributed by atoms with Gasteiger partial charge in [0, 0.05) is 32.2 Å². The molecular formula is C12H23N3O. The van der Waals surface area contributed by atoms with E-state index in [1.807, 2.05) is 19.3 Å². The van der Waals surface area contributed by atoms with Crippen LogP contribution in [0.3, 0.4) is 0 Å². The van der Waals surface area contributed by atoms with Crippen molar-refractivity contribution < 1.29 is 4.74 Å². The third kappa shape index (κ3) is 4.77. The summed E-state index contributed by atoms with van der Waals surface area (Å²) in [6, 6.07) is 0. The highest BCUT2D eigenvalue weighted by Crippen LogP contribution is 1.99. The van der Waals surface area contributed by atoms with Crippen LogP contribution in [0.5, 0.6) is 0 Å². The van der Waals surface area contributed by atoms with Crippen molar-refractivity contribution in [2.24, 2.45) is 0 Å². The zero-order chi connectivity index (χ0) is 11.6. The first-order valence-electron chi connectivity index (χ1n) is 6.17. The molecule has 1 N–H and O–H groups in total. The number of hydrogen-bond acceptors (Lipinski definition) is 3. The Hall–Kier alpha value is -0.870. The van der Waals surface area contributed by atoms with Gasteiger partial charge in [0.15, 0.2) is 0 Å². The van der Waals surface area contributed by atoms with E-state index in [2.05, 4.69) is 21.8 Å². The molecule has 1 rings (SSSR count). The molecule has 0 bridgehead atoms. The molecule has 4 heteroatoms. The highest BCUT2D eigenvalue weighted by Gasteiger charge is 2.01. The summed E-state index contributed by atoms with van der Waals surface area (Å²) >= 11 is 0. The molecule has 0 saturated carbocycles. The van der Waals surface area contributed by atoms with Crippen molar-refractivity contribution in [2.45, 2.75) is 39.8 Å². The van der Waals surface area contributed by atoms with Crippen molar-refractivity contribution in [1.29, 1.82) is 0 Å². The molecule has 1 aromatic rings. The lowest BCUT2D eigenvalue weighted by Crippen LogP contribution is -2.18. The third-order valence-electron chi connectivity index (χ3n) is 2.40. The average Bonchev–Trinajstić information content (AvgIpc) is 2.73. The predicted octanol–water partition coefficient (Wildman–Crippen LogP) is 1.81. The van der Waals surface area contributed by atoms with Crippen LogP contribution in [0.2, 0.25) is 0 Å². The first-order chi connectivity index (χ1) is 7.88. The number of rotatable bonds is 9. The third-order valence-corrected chi connectivity index (χ3v) is 2.40. The second kappa shape index (κ2) is 8.30. The fourth-order valence-corrected chi connectivity index (χ4v) is 1.57. The Morgan fingerprint density at radius 3 is 3.06 bits per heavy atom. The van der Waals surface area contributed by atoms with Crippen molar-refractivity contribution in [3.8, 4) is 0 Å². The Morgan fingerprint density at radius 2 is 2.31 bits per heavy atom. The maximum Gasteiger partial charge on any atom is 0.122 e. The molecule has 0 atom stereocenters. The molecule has 1 aromatic heterocycles. The van der Waals surface area contributed by atoms with Gasteiger partial charge in [-0.05, 0) is 26.3 Å². The van der Waals surface area contributed by atoms with Gasteiger partial charge in [-0.15, -0.1) is 0 Å². The smallest absolute Gasteiger partial charge is 0.122 e. The highest BCUT2D eigenvalue weighted by molar-refractivity contribution is 4.91. The van der Waals surface area contributed by atoms with Gasteiger partial charge in [-0.3, -0.25) is 0 Å². The summed E-state index contributed by atoms with van der Waals surface area (Å²) in [6.07, 6.45) is 6.11. The summed E-state index contributed by atoms with van der Waals surface area (Å²) in [5, 5.41) is 3.36. The lowest BCUT2D eigenvalue weighted by atomic mass is 10.4. The van der Waals surface area contributed by atoms with Crippen LogP contribution in [-0.2, 0) is 17.8 Å². The summed E-state index contributed by atoms with van der Waals surface area (Å²) in [5.74, 6) is 1.12. The number of aromatic nitrogens is 2. The second-order valence-electron chi connectivity index (χ2n) is 3.76. The van der Waals surface area contributed by atoms with Gasteiger partial charge in [0.05, 0.1) is 6.54 Å². The second-order valence-corrected chi connectivity index (χ2v) is 3.76. The van der Waals surface area contributed by atoms with E-state index in [0.29, 0.717) is 0 Å². The summed E-state index contributed by atoms with van der Waals surface area (Å²) in [6.45, 7) is 8.72. The van der Waals surface area contributed by atoms with Crippen molar-refractivity contribution >= 4 is 0 Å². The van der Waals surface area contributed by atoms with Crippen LogP contribution in [-0.4, -0.2) is 29.3 Å². The zero-order valence-corrected chi connectivity index (χ0v) is 10.4. The molecule has 0 radical (unpaired) electrons. The van der Waals surface area contributed by atoms with Crippen LogP contribution >= 0.6 is 0 Å². The predicted molar refractivity (Wildman–Crippen MR) is 65.3 cm³/mol. The first-order valence-corrected chi connectivity index (χ1v) is 6.17. The standard InChI is InChI=1S/C12H23N3O/c1-3-6-13-11-12-14-7-9-15(12)8-5-10-16-4-2/h7,9,13H,3-6,8,10-11H2,1-2H3. The van der Waals surface area contributed by atoms with E-state index in [1.54, 1.807) is 0 Å². The molecule has 0 aliphatic carbocycles. The van der Waals surface area contributed by atoms with Crippen molar-refractivity contribution in [2.75, 3.05) is 19.8 Å². The number of aryl methyl sites for hydroxylation is 1. The maximum absolute atomic E-state index is 5.32. The number of nitrogens with one attached hydrogen (secondary N) is 1. The van der Waals surface area contributed by atoms with Crippen molar-refractivity contribution in [3.05, 3.63) is 18.2 Å². The van der Waals surface area contributed by atoms with Crippen LogP contribution < -0.4 is 5.32 Å². The van der Waals surface area contributed by atoms with Gasteiger partial charge in [-0.25, -0.2) is 4.98 Å². The van der Waals surface area contributed by atoms with E-state index in [9.17, 15) is 0 Å². The first kappa shape index (κ1) is 13.2.